The summed E-state index contributed by atoms with van der Waals surface area (Å²) in [4.78, 5) is 43.3. The molecular formula is C29H38N2O8S. The maximum Gasteiger partial charge on any atom is 0.343 e. The zero-order chi connectivity index (χ0) is 29.0. The van der Waals surface area contributed by atoms with Crippen LogP contribution in [0.3, 0.4) is 0 Å². The summed E-state index contributed by atoms with van der Waals surface area (Å²) in [6.45, 7) is 7.69. The van der Waals surface area contributed by atoms with E-state index in [1.165, 1.54) is 19.2 Å². The number of imide groups is 1. The molecule has 0 unspecified atom stereocenters. The lowest BCUT2D eigenvalue weighted by molar-refractivity contribution is -0.172. The molecule has 2 heterocycles. The third kappa shape index (κ3) is 4.03. The number of hydrogen-bond donors (Lipinski definition) is 0. The van der Waals surface area contributed by atoms with Gasteiger partial charge in [-0.3, -0.25) is 9.59 Å². The van der Waals surface area contributed by atoms with Crippen molar-refractivity contribution in [2.75, 3.05) is 20.3 Å². The lowest BCUT2D eigenvalue weighted by Crippen LogP contribution is -2.57. The molecule has 3 amide bonds. The maximum atomic E-state index is 14.7. The molecule has 4 bridgehead atoms. The van der Waals surface area contributed by atoms with E-state index in [-0.39, 0.29) is 30.4 Å². The molecule has 0 aromatic heterocycles. The molecule has 2 saturated carbocycles. The molecular weight excluding hydrogens is 536 g/mol. The number of cyclic esters (lactones) is 1. The van der Waals surface area contributed by atoms with E-state index in [0.717, 1.165) is 16.9 Å². The molecule has 218 valence electrons. The van der Waals surface area contributed by atoms with Gasteiger partial charge in [-0.05, 0) is 63.0 Å². The van der Waals surface area contributed by atoms with Gasteiger partial charge in [0.1, 0.15) is 12.6 Å². The van der Waals surface area contributed by atoms with Gasteiger partial charge in [0.25, 0.3) is 10.0 Å². The number of benzene rings is 1. The van der Waals surface area contributed by atoms with Crippen molar-refractivity contribution in [2.24, 2.45) is 22.7 Å². The Morgan fingerprint density at radius 1 is 1.12 bits per heavy atom. The van der Waals surface area contributed by atoms with Gasteiger partial charge in [-0.15, -0.1) is 0 Å². The summed E-state index contributed by atoms with van der Waals surface area (Å²) in [6.07, 6.45) is 3.61. The average Bonchev–Trinajstić information content (AvgIpc) is 3.44. The molecule has 1 spiro atoms. The zero-order valence-corrected chi connectivity index (χ0v) is 24.5. The second kappa shape index (κ2) is 10.3. The van der Waals surface area contributed by atoms with E-state index in [1.807, 2.05) is 20.8 Å². The Labute approximate surface area is 235 Å². The largest absolute Gasteiger partial charge is 0.463 e. The van der Waals surface area contributed by atoms with Crippen molar-refractivity contribution in [3.63, 3.8) is 0 Å². The first-order valence-electron chi connectivity index (χ1n) is 13.8. The molecule has 5 rings (SSSR count). The molecule has 11 heteroatoms. The zero-order valence-electron chi connectivity index (χ0n) is 23.7. The van der Waals surface area contributed by atoms with Crippen molar-refractivity contribution in [1.29, 1.82) is 0 Å². The number of rotatable bonds is 5. The Bertz CT molecular complexity index is 1320. The van der Waals surface area contributed by atoms with Crippen LogP contribution in [0.15, 0.2) is 41.3 Å². The minimum Gasteiger partial charge on any atom is -0.463 e. The van der Waals surface area contributed by atoms with Crippen LogP contribution in [0.2, 0.25) is 0 Å². The van der Waals surface area contributed by atoms with E-state index in [1.54, 1.807) is 31.2 Å². The first-order chi connectivity index (χ1) is 18.9. The van der Waals surface area contributed by atoms with Crippen LogP contribution >= 0.6 is 0 Å². The molecule has 2 saturated heterocycles. The number of urea groups is 1. The van der Waals surface area contributed by atoms with Gasteiger partial charge in [-0.2, -0.15) is 0 Å². The van der Waals surface area contributed by atoms with Crippen LogP contribution in [0.4, 0.5) is 4.79 Å². The fraction of sp³-hybridized carbons (Fsp3) is 0.621. The molecule has 6 atom stereocenters. The molecule has 0 radical (unpaired) electrons. The highest BCUT2D eigenvalue weighted by Crippen LogP contribution is 2.67. The van der Waals surface area contributed by atoms with Crippen LogP contribution in [-0.2, 0) is 33.8 Å². The lowest BCUT2D eigenvalue weighted by atomic mass is 9.67. The number of amides is 3. The highest BCUT2D eigenvalue weighted by Gasteiger charge is 2.72. The first-order valence-corrected chi connectivity index (χ1v) is 15.3. The van der Waals surface area contributed by atoms with Gasteiger partial charge in [0.2, 0.25) is 5.91 Å². The normalized spacial score (nSPS) is 34.1. The van der Waals surface area contributed by atoms with E-state index in [4.69, 9.17) is 14.2 Å². The second-order valence-electron chi connectivity index (χ2n) is 11.8. The molecule has 0 N–H and O–H groups in total. The van der Waals surface area contributed by atoms with E-state index in [0.29, 0.717) is 17.1 Å². The van der Waals surface area contributed by atoms with E-state index >= 15 is 0 Å². The SMILES string of the molecule is C/C=C/C[C@H]1C(=O)OCCO[C@H]2C[C@@H]3CC[C@@]2(C(=O)N2C(=O)N(S(=O)(=O)c4ccc(C)cc4)[C@H]1[C@H]2OC)C3(C)C. The Balaban J connectivity index is 1.71. The summed E-state index contributed by atoms with van der Waals surface area (Å²) in [5, 5.41) is 0. The summed E-state index contributed by atoms with van der Waals surface area (Å²) in [7, 11) is -3.18. The van der Waals surface area contributed by atoms with Crippen molar-refractivity contribution >= 4 is 27.9 Å². The monoisotopic (exact) mass is 574 g/mol. The van der Waals surface area contributed by atoms with Crippen LogP contribution < -0.4 is 0 Å². The van der Waals surface area contributed by atoms with Gasteiger partial charge >= 0.3 is 12.0 Å². The molecule has 1 aromatic carbocycles. The standard InChI is InChI=1S/C29H38N2O8S/c1-6-7-8-21-23-24(37-5)30(27(34)31(23)40(35,36)20-11-9-18(2)10-12-20)26(33)29-14-13-19(28(29,3)4)17-22(29)38-15-16-39-25(21)32/h6-7,9-12,19,21-24H,8,13-17H2,1-5H3/b7-6+/t19-,21+,22-,23+,24+,29+/m0/s1. The predicted molar refractivity (Wildman–Crippen MR) is 144 cm³/mol. The number of esters is 1. The number of carbonyl (C=O) groups excluding carboxylic acids is 3. The fourth-order valence-corrected chi connectivity index (χ4v) is 9.02. The van der Waals surface area contributed by atoms with Crippen molar-refractivity contribution in [3.8, 4) is 0 Å². The van der Waals surface area contributed by atoms with Gasteiger partial charge in [-0.25, -0.2) is 22.4 Å². The number of methoxy groups -OCH3 is 1. The Morgan fingerprint density at radius 3 is 2.45 bits per heavy atom. The average molecular weight is 575 g/mol. The highest BCUT2D eigenvalue weighted by molar-refractivity contribution is 7.89. The van der Waals surface area contributed by atoms with Gasteiger partial charge in [0.05, 0.1) is 28.9 Å². The predicted octanol–water partition coefficient (Wildman–Crippen LogP) is 3.64. The number of fused-ring (bicyclic) bond motifs is 3. The lowest BCUT2D eigenvalue weighted by Gasteiger charge is -2.43. The molecule has 4 aliphatic rings. The summed E-state index contributed by atoms with van der Waals surface area (Å²) < 4.78 is 46.6. The van der Waals surface area contributed by atoms with Gasteiger partial charge in [-0.1, -0.05) is 43.7 Å². The van der Waals surface area contributed by atoms with Crippen molar-refractivity contribution in [3.05, 3.63) is 42.0 Å². The highest BCUT2D eigenvalue weighted by atomic mass is 32.2. The van der Waals surface area contributed by atoms with Crippen molar-refractivity contribution in [2.45, 2.75) is 76.6 Å². The quantitative estimate of drug-likeness (QED) is 0.386. The minimum absolute atomic E-state index is 0.0518. The number of carbonyl (C=O) groups is 3. The smallest absolute Gasteiger partial charge is 0.343 e. The van der Waals surface area contributed by atoms with Gasteiger partial charge in [0.15, 0.2) is 6.23 Å². The third-order valence-electron chi connectivity index (χ3n) is 9.72. The van der Waals surface area contributed by atoms with Crippen LogP contribution in [0.1, 0.15) is 52.0 Å². The molecule has 1 aromatic rings. The van der Waals surface area contributed by atoms with E-state index in [2.05, 4.69) is 0 Å². The molecule has 2 aliphatic heterocycles. The maximum absolute atomic E-state index is 14.7. The van der Waals surface area contributed by atoms with Gasteiger partial charge in [0, 0.05) is 7.11 Å². The van der Waals surface area contributed by atoms with E-state index < -0.39 is 63.1 Å². The third-order valence-corrected chi connectivity index (χ3v) is 11.5. The van der Waals surface area contributed by atoms with Crippen LogP contribution in [-0.4, -0.2) is 74.2 Å². The Kier molecular flexibility index (Phi) is 7.37. The molecule has 4 fully saturated rings. The first kappa shape index (κ1) is 28.8. The van der Waals surface area contributed by atoms with Crippen molar-refractivity contribution < 1.29 is 37.0 Å². The Hall–Kier alpha value is -2.76. The summed E-state index contributed by atoms with van der Waals surface area (Å²) >= 11 is 0. The van der Waals surface area contributed by atoms with Crippen LogP contribution in [0.25, 0.3) is 0 Å². The van der Waals surface area contributed by atoms with Crippen molar-refractivity contribution in [1.82, 2.24) is 9.21 Å². The topological polar surface area (TPSA) is 120 Å². The number of nitrogens with zero attached hydrogens (tertiary/aromatic N) is 2. The molecule has 2 aliphatic carbocycles. The summed E-state index contributed by atoms with van der Waals surface area (Å²) in [5.74, 6) is -2.13. The number of sulfonamides is 1. The minimum atomic E-state index is -4.50. The van der Waals surface area contributed by atoms with Crippen LogP contribution in [0.5, 0.6) is 0 Å². The number of hydrogen-bond acceptors (Lipinski definition) is 8. The number of aryl methyl sites for hydroxylation is 1. The van der Waals surface area contributed by atoms with Crippen LogP contribution in [0, 0.1) is 29.6 Å². The Morgan fingerprint density at radius 2 is 1.82 bits per heavy atom. The number of ether oxygens (including phenoxy) is 3. The summed E-state index contributed by atoms with van der Waals surface area (Å²) in [5.41, 5.74) is -0.718. The summed E-state index contributed by atoms with van der Waals surface area (Å²) in [6, 6.07) is 3.73. The fourth-order valence-electron chi connectivity index (χ4n) is 7.45. The number of allylic oxidation sites excluding steroid dienone is 2. The molecule has 40 heavy (non-hydrogen) atoms. The molecule has 10 nitrogen and oxygen atoms in total. The van der Waals surface area contributed by atoms with E-state index in [9.17, 15) is 22.8 Å². The van der Waals surface area contributed by atoms with Gasteiger partial charge < -0.3 is 14.2 Å². The second-order valence-corrected chi connectivity index (χ2v) is 13.6.